The molecule has 2 aliphatic heterocycles. The van der Waals surface area contributed by atoms with E-state index in [1.807, 2.05) is 0 Å². The Kier molecular flexibility index (Phi) is 9.35. The zero-order valence-corrected chi connectivity index (χ0v) is 43.0. The molecule has 0 atom stereocenters. The van der Waals surface area contributed by atoms with Crippen molar-refractivity contribution >= 4 is 78.9 Å². The average molecular weight is 901 g/mol. The van der Waals surface area contributed by atoms with Crippen molar-refractivity contribution in [2.75, 3.05) is 9.71 Å². The van der Waals surface area contributed by atoms with E-state index in [4.69, 9.17) is 4.42 Å². The smallest absolute Gasteiger partial charge is 0.333 e. The molecule has 12 rings (SSSR count). The molecule has 9 aromatic rings. The van der Waals surface area contributed by atoms with Crippen LogP contribution in [0.25, 0.3) is 55.0 Å². The standard InChI is InChI=1S/C65H65BN2O/c1-38-17-16-18-39(2)59(38)42-32-50-47-27-21-41-19-14-15-20-46(41)61(47)68(45-25-22-43(23-26-45)62(4,5)6)66-53-35-49-48-34-51-52(65(12,13)30-29-64(51,10)11)36-57(48)69-58(49)37-55(53)67(56(33-42)60(50)66)54-28-24-44(31-40(54)3)63(7,8)9/h14-28,31-37H,29-30H2,1-13H3. The zero-order valence-electron chi connectivity index (χ0n) is 43.0. The van der Waals surface area contributed by atoms with E-state index < -0.39 is 0 Å². The van der Waals surface area contributed by atoms with E-state index in [0.717, 1.165) is 29.7 Å². The first kappa shape index (κ1) is 43.7. The van der Waals surface area contributed by atoms with Crippen LogP contribution in [0.4, 0.5) is 28.4 Å². The lowest BCUT2D eigenvalue weighted by atomic mass is 9.43. The third-order valence-corrected chi connectivity index (χ3v) is 16.6. The highest BCUT2D eigenvalue weighted by Gasteiger charge is 2.47. The van der Waals surface area contributed by atoms with Crippen LogP contribution in [-0.4, -0.2) is 6.85 Å². The van der Waals surface area contributed by atoms with Crippen LogP contribution in [0.15, 0.2) is 138 Å². The molecule has 0 spiro atoms. The summed E-state index contributed by atoms with van der Waals surface area (Å²) in [5.74, 6) is 0. The molecule has 0 fully saturated rings. The van der Waals surface area contributed by atoms with Gasteiger partial charge in [-0.05, 0) is 170 Å². The Hall–Kier alpha value is -6.52. The summed E-state index contributed by atoms with van der Waals surface area (Å²) in [5.41, 5.74) is 25.0. The molecule has 344 valence electrons. The lowest BCUT2D eigenvalue weighted by molar-refractivity contribution is 0.332. The molecule has 3 heterocycles. The summed E-state index contributed by atoms with van der Waals surface area (Å²) >= 11 is 0. The fourth-order valence-corrected chi connectivity index (χ4v) is 12.5. The Morgan fingerprint density at radius 2 is 1.16 bits per heavy atom. The zero-order chi connectivity index (χ0) is 48.3. The van der Waals surface area contributed by atoms with Gasteiger partial charge < -0.3 is 14.1 Å². The lowest BCUT2D eigenvalue weighted by Crippen LogP contribution is -2.61. The maximum Gasteiger partial charge on any atom is 0.333 e. The maximum absolute atomic E-state index is 7.17. The predicted molar refractivity (Wildman–Crippen MR) is 297 cm³/mol. The Balaban J connectivity index is 1.25. The van der Waals surface area contributed by atoms with Gasteiger partial charge >= 0.3 is 6.85 Å². The van der Waals surface area contributed by atoms with Crippen LogP contribution in [-0.2, 0) is 21.7 Å². The van der Waals surface area contributed by atoms with E-state index in [1.54, 1.807) is 0 Å². The second kappa shape index (κ2) is 14.8. The molecule has 0 bridgehead atoms. The number of furan rings is 1. The molecular formula is C65H65BN2O. The summed E-state index contributed by atoms with van der Waals surface area (Å²) in [6.07, 6.45) is 2.32. The normalized spacial score (nSPS) is 15.9. The minimum absolute atomic E-state index is 0.00783. The van der Waals surface area contributed by atoms with Crippen LogP contribution in [0.5, 0.6) is 0 Å². The molecule has 3 aliphatic rings. The van der Waals surface area contributed by atoms with Crippen LogP contribution >= 0.6 is 0 Å². The molecule has 1 aromatic heterocycles. The highest BCUT2D eigenvalue weighted by Crippen LogP contribution is 2.53. The molecule has 0 amide bonds. The average Bonchev–Trinajstić information content (AvgIpc) is 3.65. The first-order valence-corrected chi connectivity index (χ1v) is 25.3. The quantitative estimate of drug-likeness (QED) is 0.165. The van der Waals surface area contributed by atoms with Crippen molar-refractivity contribution in [1.29, 1.82) is 0 Å². The first-order chi connectivity index (χ1) is 32.7. The van der Waals surface area contributed by atoms with E-state index in [0.29, 0.717) is 0 Å². The van der Waals surface area contributed by atoms with Crippen molar-refractivity contribution in [3.05, 3.63) is 172 Å². The predicted octanol–water partition coefficient (Wildman–Crippen LogP) is 17.0. The Morgan fingerprint density at radius 1 is 0.522 bits per heavy atom. The number of aryl methyl sites for hydroxylation is 3. The lowest BCUT2D eigenvalue weighted by Gasteiger charge is -2.46. The monoisotopic (exact) mass is 901 g/mol. The Bertz CT molecular complexity index is 3610. The summed E-state index contributed by atoms with van der Waals surface area (Å²) in [7, 11) is 0. The Labute approximate surface area is 410 Å². The molecule has 0 radical (unpaired) electrons. The number of rotatable bonds is 3. The molecule has 0 N–H and O–H groups in total. The third kappa shape index (κ3) is 6.61. The van der Waals surface area contributed by atoms with Gasteiger partial charge in [-0.15, -0.1) is 0 Å². The van der Waals surface area contributed by atoms with Crippen LogP contribution in [0.3, 0.4) is 0 Å². The van der Waals surface area contributed by atoms with Gasteiger partial charge in [0.25, 0.3) is 0 Å². The summed E-state index contributed by atoms with van der Waals surface area (Å²) in [6, 6.07) is 51.9. The van der Waals surface area contributed by atoms with E-state index in [9.17, 15) is 0 Å². The van der Waals surface area contributed by atoms with Crippen molar-refractivity contribution in [2.45, 2.75) is 125 Å². The number of nitrogens with zero attached hydrogens (tertiary/aromatic N) is 2. The minimum Gasteiger partial charge on any atom is -0.456 e. The van der Waals surface area contributed by atoms with E-state index in [-0.39, 0.29) is 28.5 Å². The van der Waals surface area contributed by atoms with Crippen LogP contribution in [0.2, 0.25) is 0 Å². The first-order valence-electron chi connectivity index (χ1n) is 25.3. The van der Waals surface area contributed by atoms with Gasteiger partial charge in [-0.2, -0.15) is 0 Å². The van der Waals surface area contributed by atoms with Gasteiger partial charge in [0.2, 0.25) is 0 Å². The molecular weight excluding hydrogens is 836 g/mol. The molecule has 0 saturated heterocycles. The second-order valence-electron chi connectivity index (χ2n) is 24.2. The van der Waals surface area contributed by atoms with Gasteiger partial charge in [-0.3, -0.25) is 0 Å². The topological polar surface area (TPSA) is 19.6 Å². The van der Waals surface area contributed by atoms with E-state index in [2.05, 4.69) is 233 Å². The van der Waals surface area contributed by atoms with Crippen LogP contribution < -0.4 is 20.6 Å². The largest absolute Gasteiger partial charge is 0.456 e. The SMILES string of the molecule is Cc1cc(C(C)(C)C)ccc1N1c2cc3oc4cc5c(cc4c3cc2B2c3c(cc(-c4c(C)cccc4C)cc31)-c1ccc3ccccc3c1N2c1ccc(C(C)(C)C)cc1)C(C)(C)CCC5(C)C. The molecule has 1 aliphatic carbocycles. The van der Waals surface area contributed by atoms with Crippen molar-refractivity contribution in [2.24, 2.45) is 0 Å². The van der Waals surface area contributed by atoms with Crippen molar-refractivity contribution in [3.63, 3.8) is 0 Å². The van der Waals surface area contributed by atoms with E-state index in [1.165, 1.54) is 116 Å². The number of fused-ring (bicyclic) bond motifs is 10. The summed E-state index contributed by atoms with van der Waals surface area (Å²) in [4.78, 5) is 5.29. The van der Waals surface area contributed by atoms with Gasteiger partial charge in [0.05, 0.1) is 0 Å². The van der Waals surface area contributed by atoms with Gasteiger partial charge in [0.15, 0.2) is 0 Å². The summed E-state index contributed by atoms with van der Waals surface area (Å²) < 4.78 is 7.17. The second-order valence-corrected chi connectivity index (χ2v) is 24.2. The Morgan fingerprint density at radius 3 is 1.84 bits per heavy atom. The highest BCUT2D eigenvalue weighted by atomic mass is 16.3. The number of anilines is 5. The van der Waals surface area contributed by atoms with Crippen LogP contribution in [0.1, 0.15) is 121 Å². The van der Waals surface area contributed by atoms with Crippen molar-refractivity contribution in [1.82, 2.24) is 0 Å². The van der Waals surface area contributed by atoms with Gasteiger partial charge in [-0.25, -0.2) is 0 Å². The third-order valence-electron chi connectivity index (χ3n) is 16.6. The fraction of sp³-hybridized carbons (Fsp3) is 0.292. The van der Waals surface area contributed by atoms with Gasteiger partial charge in [0.1, 0.15) is 11.2 Å². The fourth-order valence-electron chi connectivity index (χ4n) is 12.5. The summed E-state index contributed by atoms with van der Waals surface area (Å²) in [6.45, 7) is 30.2. The molecule has 0 saturated carbocycles. The minimum atomic E-state index is -0.163. The maximum atomic E-state index is 7.17. The van der Waals surface area contributed by atoms with Crippen molar-refractivity contribution in [3.8, 4) is 22.3 Å². The number of benzene rings is 8. The molecule has 3 nitrogen and oxygen atoms in total. The number of hydrogen-bond acceptors (Lipinski definition) is 3. The van der Waals surface area contributed by atoms with Gasteiger partial charge in [0, 0.05) is 56.2 Å². The number of hydrogen-bond donors (Lipinski definition) is 0. The molecule has 8 aromatic carbocycles. The summed E-state index contributed by atoms with van der Waals surface area (Å²) in [5, 5.41) is 4.87. The van der Waals surface area contributed by atoms with Crippen molar-refractivity contribution < 1.29 is 4.42 Å². The molecule has 0 unspecified atom stereocenters. The highest BCUT2D eigenvalue weighted by molar-refractivity contribution is 6.94. The van der Waals surface area contributed by atoms with Crippen LogP contribution in [0, 0.1) is 20.8 Å². The van der Waals surface area contributed by atoms with E-state index >= 15 is 0 Å². The molecule has 69 heavy (non-hydrogen) atoms. The molecule has 4 heteroatoms. The van der Waals surface area contributed by atoms with Gasteiger partial charge in [-0.1, -0.05) is 154 Å².